The van der Waals surface area contributed by atoms with Crippen LogP contribution >= 0.6 is 23.1 Å². The van der Waals surface area contributed by atoms with Gasteiger partial charge in [-0.2, -0.15) is 0 Å². The number of hydrogen-bond acceptors (Lipinski definition) is 15. The summed E-state index contributed by atoms with van der Waals surface area (Å²) in [7, 11) is 2.95. The Labute approximate surface area is 236 Å². The molecule has 0 saturated carbocycles. The molecule has 0 bridgehead atoms. The van der Waals surface area contributed by atoms with Crippen LogP contribution in [0.2, 0.25) is 0 Å². The van der Waals surface area contributed by atoms with E-state index in [-0.39, 0.29) is 34.5 Å². The number of amides is 3. The van der Waals surface area contributed by atoms with Crippen LogP contribution in [0.15, 0.2) is 21.8 Å². The number of aromatic nitrogens is 1. The molecule has 1 aromatic heterocycles. The van der Waals surface area contributed by atoms with Crippen LogP contribution in [0.3, 0.4) is 0 Å². The molecule has 3 heterocycles. The van der Waals surface area contributed by atoms with E-state index in [9.17, 15) is 29.2 Å². The van der Waals surface area contributed by atoms with E-state index in [0.717, 1.165) is 16.2 Å². The number of fused-ring (bicyclic) bond motifs is 1. The summed E-state index contributed by atoms with van der Waals surface area (Å²) in [5.74, 6) is -2.48. The van der Waals surface area contributed by atoms with Gasteiger partial charge in [0.2, 0.25) is 6.29 Å². The number of hydrogen-bond donors (Lipinski definition) is 3. The van der Waals surface area contributed by atoms with Gasteiger partial charge in [-0.25, -0.2) is 19.4 Å². The summed E-state index contributed by atoms with van der Waals surface area (Å²) in [6.07, 6.45) is -3.60. The first kappa shape index (κ1) is 30.5. The Bertz CT molecular complexity index is 1250. The van der Waals surface area contributed by atoms with Gasteiger partial charge in [0, 0.05) is 37.7 Å². The van der Waals surface area contributed by atoms with E-state index in [1.165, 1.54) is 43.1 Å². The third-order valence-corrected chi connectivity index (χ3v) is 7.22. The molecule has 4 N–H and O–H groups in total. The predicted octanol–water partition coefficient (Wildman–Crippen LogP) is 0.707. The van der Waals surface area contributed by atoms with Crippen molar-refractivity contribution >= 4 is 64.0 Å². The second kappa shape index (κ2) is 12.9. The maximum atomic E-state index is 13.2. The van der Waals surface area contributed by atoms with Crippen molar-refractivity contribution in [2.45, 2.75) is 44.6 Å². The maximum Gasteiger partial charge on any atom is 0.511 e. The van der Waals surface area contributed by atoms with Gasteiger partial charge < -0.3 is 40.1 Å². The maximum absolute atomic E-state index is 13.2. The van der Waals surface area contributed by atoms with Gasteiger partial charge in [-0.05, 0) is 13.8 Å². The Morgan fingerprint density at radius 2 is 1.98 bits per heavy atom. The fourth-order valence-corrected chi connectivity index (χ4v) is 5.34. The molecule has 3 amide bonds. The number of carbonyl (C=O) groups is 5. The summed E-state index contributed by atoms with van der Waals surface area (Å²) < 4.78 is 20.2. The van der Waals surface area contributed by atoms with Crippen molar-refractivity contribution < 1.29 is 48.1 Å². The minimum absolute atomic E-state index is 0.0153. The first-order valence-electron chi connectivity index (χ1n) is 11.7. The number of thioether (sulfide) groups is 1. The van der Waals surface area contributed by atoms with Gasteiger partial charge in [0.15, 0.2) is 10.8 Å². The number of β-lactam (4-membered cyclic amide) rings is 1. The molecule has 40 heavy (non-hydrogen) atoms. The van der Waals surface area contributed by atoms with E-state index in [4.69, 9.17) is 24.7 Å². The summed E-state index contributed by atoms with van der Waals surface area (Å²) in [6.45, 7) is 4.16. The average Bonchev–Trinajstić information content (AvgIpc) is 3.30. The predicted molar refractivity (Wildman–Crippen MR) is 140 cm³/mol. The lowest BCUT2D eigenvalue weighted by molar-refractivity contribution is -0.169. The number of oxime groups is 1. The minimum Gasteiger partial charge on any atom is -0.445 e. The zero-order valence-electron chi connectivity index (χ0n) is 22.1. The lowest BCUT2D eigenvalue weighted by Gasteiger charge is -2.49. The summed E-state index contributed by atoms with van der Waals surface area (Å²) in [5, 5.41) is 15.6. The number of nitrogen functional groups attached to an aromatic ring is 1. The second-order valence-electron chi connectivity index (χ2n) is 8.79. The molecule has 1 fully saturated rings. The topological polar surface area (TPSA) is 212 Å². The Balaban J connectivity index is 1.79. The third kappa shape index (κ3) is 6.92. The molecule has 218 valence electrons. The molecule has 16 nitrogen and oxygen atoms in total. The number of nitrogens with one attached hydrogen (secondary N) is 1. The smallest absolute Gasteiger partial charge is 0.445 e. The molecule has 18 heteroatoms. The number of rotatable bonds is 9. The molecular weight excluding hydrogens is 574 g/mol. The van der Waals surface area contributed by atoms with Crippen LogP contribution < -0.4 is 11.1 Å². The molecule has 1 saturated heterocycles. The standard InChI is InChI=1S/C22H28N6O10S2/c1-9(2)36-22(33)38-10(3)37-19(31)15-11(6-35-21(32)27(4)5)7-39-18-14(17(30)28(15)18)25-16(29)13(26-34)12-8-40-20(23)24-12/h8-10,14,18,34H,6-7H2,1-5H3,(H2,23,24)(H,25,29)/b26-13-/t10-,14-,18-/m1/s1/i20+2. The quantitative estimate of drug-likeness (QED) is 0.0676. The molecule has 3 rings (SSSR count). The minimum atomic E-state index is -1.38. The Kier molecular flexibility index (Phi) is 9.80. The van der Waals surface area contributed by atoms with Gasteiger partial charge in [0.1, 0.15) is 29.4 Å². The molecule has 0 aromatic carbocycles. The van der Waals surface area contributed by atoms with Crippen molar-refractivity contribution in [1.29, 1.82) is 0 Å². The fraction of sp³-hybridized carbons (Fsp3) is 0.500. The lowest BCUT2D eigenvalue weighted by Crippen LogP contribution is -2.71. The summed E-state index contributed by atoms with van der Waals surface area (Å²) >= 11 is 2.22. The van der Waals surface area contributed by atoms with E-state index in [0.29, 0.717) is 0 Å². The lowest BCUT2D eigenvalue weighted by atomic mass is 10.0. The number of carbonyl (C=O) groups excluding carboxylic acids is 5. The molecule has 0 aliphatic carbocycles. The normalized spacial score (nSPS) is 19.3. The first-order chi connectivity index (χ1) is 18.8. The molecule has 0 unspecified atom stereocenters. The highest BCUT2D eigenvalue weighted by Gasteiger charge is 2.55. The first-order valence-corrected chi connectivity index (χ1v) is 13.6. The molecule has 1 aromatic rings. The fourth-order valence-electron chi connectivity index (χ4n) is 3.47. The van der Waals surface area contributed by atoms with E-state index in [1.807, 2.05) is 0 Å². The molecule has 2 aliphatic heterocycles. The summed E-state index contributed by atoms with van der Waals surface area (Å²) in [5.41, 5.74) is 5.17. The van der Waals surface area contributed by atoms with Crippen molar-refractivity contribution in [3.05, 3.63) is 22.3 Å². The third-order valence-electron chi connectivity index (χ3n) is 5.21. The Hall–Kier alpha value is -4.06. The van der Waals surface area contributed by atoms with Crippen molar-refractivity contribution in [1.82, 2.24) is 20.1 Å². The van der Waals surface area contributed by atoms with Gasteiger partial charge in [0.25, 0.3) is 11.8 Å². The van der Waals surface area contributed by atoms with Crippen LogP contribution in [0, 0.1) is 0 Å². The van der Waals surface area contributed by atoms with Crippen molar-refractivity contribution in [3.8, 4) is 0 Å². The zero-order valence-corrected chi connectivity index (χ0v) is 23.7. The zero-order chi connectivity index (χ0) is 29.7. The van der Waals surface area contributed by atoms with Gasteiger partial charge in [-0.1, -0.05) is 5.16 Å². The highest BCUT2D eigenvalue weighted by molar-refractivity contribution is 8.00. The second-order valence-corrected chi connectivity index (χ2v) is 10.8. The van der Waals surface area contributed by atoms with Gasteiger partial charge >= 0.3 is 18.2 Å². The van der Waals surface area contributed by atoms with Gasteiger partial charge in [0.05, 0.1) is 6.10 Å². The average molecular weight is 603 g/mol. The number of esters is 1. The van der Waals surface area contributed by atoms with Gasteiger partial charge in [-0.3, -0.25) is 14.5 Å². The number of nitrogens with zero attached hydrogens (tertiary/aromatic N) is 4. The number of thiazole rings is 1. The van der Waals surface area contributed by atoms with Crippen molar-refractivity contribution in [2.75, 3.05) is 32.2 Å². The number of nitrogens with two attached hydrogens (primary N) is 1. The van der Waals surface area contributed by atoms with Crippen LogP contribution in [0.5, 0.6) is 0 Å². The van der Waals surface area contributed by atoms with Crippen molar-refractivity contribution in [2.24, 2.45) is 5.16 Å². The van der Waals surface area contributed by atoms with Gasteiger partial charge in [-0.15, -0.1) is 23.1 Å². The van der Waals surface area contributed by atoms with E-state index < -0.39 is 59.6 Å². The van der Waals surface area contributed by atoms with E-state index in [1.54, 1.807) is 13.8 Å². The van der Waals surface area contributed by atoms with Crippen LogP contribution in [0.4, 0.5) is 14.7 Å². The molecule has 3 atom stereocenters. The molecule has 0 radical (unpaired) electrons. The van der Waals surface area contributed by atoms with Crippen LogP contribution in [0.25, 0.3) is 0 Å². The number of anilines is 1. The summed E-state index contributed by atoms with van der Waals surface area (Å²) in [4.78, 5) is 69.1. The summed E-state index contributed by atoms with van der Waals surface area (Å²) in [6, 6.07) is -1.10. The van der Waals surface area contributed by atoms with E-state index in [2.05, 4.69) is 15.5 Å². The van der Waals surface area contributed by atoms with Crippen molar-refractivity contribution in [3.63, 3.8) is 0 Å². The Morgan fingerprint density at radius 3 is 2.55 bits per heavy atom. The SMILES string of the molecule is CC(C)OC(=O)O[C@H](C)OC(=O)C1=C(COC(=O)N(C)C)CS[C@@H]2[C@H](NC(=O)/C(=N\O)c3cs[14c](N)n3)C(=O)N12. The monoisotopic (exact) mass is 602 g/mol. The molecule has 0 spiro atoms. The van der Waals surface area contributed by atoms with Crippen LogP contribution in [-0.4, -0.2) is 106 Å². The highest BCUT2D eigenvalue weighted by atomic mass is 32.2. The number of ether oxygens (including phenoxy) is 4. The van der Waals surface area contributed by atoms with Crippen LogP contribution in [0.1, 0.15) is 26.5 Å². The molecule has 2 aliphatic rings. The molecular formula is C22H28N6O10S2. The van der Waals surface area contributed by atoms with Crippen LogP contribution in [-0.2, 0) is 33.3 Å². The van der Waals surface area contributed by atoms with E-state index >= 15 is 0 Å². The highest BCUT2D eigenvalue weighted by Crippen LogP contribution is 2.41. The Morgan fingerprint density at radius 1 is 1.27 bits per heavy atom. The largest absolute Gasteiger partial charge is 0.511 e.